The van der Waals surface area contributed by atoms with Crippen LogP contribution in [0.25, 0.3) is 0 Å². The second-order valence-corrected chi connectivity index (χ2v) is 8.78. The fraction of sp³-hybridized carbons (Fsp3) is 0.292. The van der Waals surface area contributed by atoms with E-state index in [0.717, 1.165) is 11.1 Å². The number of hydrazine groups is 1. The summed E-state index contributed by atoms with van der Waals surface area (Å²) < 4.78 is 0. The Morgan fingerprint density at radius 1 is 1.06 bits per heavy atom. The van der Waals surface area contributed by atoms with Gasteiger partial charge in [0.25, 0.3) is 0 Å². The number of carbonyl (C=O) groups excluding carboxylic acids is 3. The summed E-state index contributed by atoms with van der Waals surface area (Å²) in [6.45, 7) is 0.459. The molecule has 0 bridgehead atoms. The Morgan fingerprint density at radius 3 is 2.48 bits per heavy atom. The van der Waals surface area contributed by atoms with Crippen molar-refractivity contribution in [1.82, 2.24) is 19.8 Å². The van der Waals surface area contributed by atoms with Crippen LogP contribution in [0.4, 0.5) is 0 Å². The highest BCUT2D eigenvalue weighted by molar-refractivity contribution is 6.42. The van der Waals surface area contributed by atoms with Crippen LogP contribution in [0.1, 0.15) is 11.1 Å². The van der Waals surface area contributed by atoms with E-state index in [0.29, 0.717) is 22.9 Å². The van der Waals surface area contributed by atoms with E-state index >= 15 is 0 Å². The number of halogens is 2. The number of hydrogen-bond acceptors (Lipinski definition) is 4. The maximum absolute atomic E-state index is 13.6. The molecular weight excluding hydrogens is 463 g/mol. The molecule has 33 heavy (non-hydrogen) atoms. The molecule has 2 aromatic rings. The number of hydrogen-bond donors (Lipinski definition) is 0. The molecule has 2 aromatic carbocycles. The summed E-state index contributed by atoms with van der Waals surface area (Å²) in [5.41, 5.74) is 1.72. The first-order chi connectivity index (χ1) is 15.9. The molecule has 2 aliphatic heterocycles. The molecule has 9 heteroatoms. The third-order valence-corrected chi connectivity index (χ3v) is 6.63. The van der Waals surface area contributed by atoms with Gasteiger partial charge in [-0.25, -0.2) is 0 Å². The van der Waals surface area contributed by atoms with Crippen molar-refractivity contribution < 1.29 is 14.4 Å². The zero-order chi connectivity index (χ0) is 23.5. The Balaban J connectivity index is 1.69. The minimum Gasteiger partial charge on any atom is -0.333 e. The van der Waals surface area contributed by atoms with Gasteiger partial charge in [0.1, 0.15) is 12.2 Å². The second-order valence-electron chi connectivity index (χ2n) is 7.97. The van der Waals surface area contributed by atoms with Crippen molar-refractivity contribution in [3.8, 4) is 12.3 Å². The lowest BCUT2D eigenvalue weighted by molar-refractivity contribution is -0.198. The molecule has 0 spiro atoms. The standard InChI is InChI=1S/C24H22Cl2N4O3/c1-2-10-28-15-23(32)30-21(12-17-6-4-3-5-7-17)24(33)27(14-22(30)29(28)16-31)13-18-8-9-19(25)20(26)11-18/h1,3-9,11,16,21-22H,10,12-15H2/t21-,22?/m0/s1. The molecule has 0 radical (unpaired) electrons. The van der Waals surface area contributed by atoms with Crippen molar-refractivity contribution in [3.05, 3.63) is 69.7 Å². The molecule has 2 fully saturated rings. The van der Waals surface area contributed by atoms with Gasteiger partial charge in [0, 0.05) is 13.0 Å². The molecule has 4 rings (SSSR count). The predicted octanol–water partition coefficient (Wildman–Crippen LogP) is 2.42. The molecule has 170 valence electrons. The van der Waals surface area contributed by atoms with Gasteiger partial charge in [-0.3, -0.25) is 19.4 Å². The van der Waals surface area contributed by atoms with Crippen molar-refractivity contribution in [2.75, 3.05) is 19.6 Å². The van der Waals surface area contributed by atoms with E-state index in [2.05, 4.69) is 5.92 Å². The highest BCUT2D eigenvalue weighted by atomic mass is 35.5. The average Bonchev–Trinajstić information content (AvgIpc) is 2.80. The molecule has 2 heterocycles. The maximum Gasteiger partial charge on any atom is 0.246 e. The minimum absolute atomic E-state index is 0.0647. The van der Waals surface area contributed by atoms with Crippen LogP contribution in [0.5, 0.6) is 0 Å². The van der Waals surface area contributed by atoms with Gasteiger partial charge in [-0.2, -0.15) is 5.01 Å². The quantitative estimate of drug-likeness (QED) is 0.466. The number of terminal acetylenes is 1. The first-order valence-electron chi connectivity index (χ1n) is 10.4. The Hall–Kier alpha value is -3.05. The normalized spacial score (nSPS) is 21.1. The molecule has 7 nitrogen and oxygen atoms in total. The highest BCUT2D eigenvalue weighted by Gasteiger charge is 2.49. The second kappa shape index (κ2) is 9.84. The number of fused-ring (bicyclic) bond motifs is 1. The summed E-state index contributed by atoms with van der Waals surface area (Å²) >= 11 is 12.2. The van der Waals surface area contributed by atoms with E-state index in [1.807, 2.05) is 30.3 Å². The lowest BCUT2D eigenvalue weighted by atomic mass is 9.98. The first-order valence-corrected chi connectivity index (χ1v) is 11.2. The van der Waals surface area contributed by atoms with Gasteiger partial charge in [-0.1, -0.05) is 65.5 Å². The molecule has 1 unspecified atom stereocenters. The molecule has 0 saturated carbocycles. The summed E-state index contributed by atoms with van der Waals surface area (Å²) in [4.78, 5) is 42.0. The molecule has 3 amide bonds. The molecule has 2 saturated heterocycles. The largest absolute Gasteiger partial charge is 0.333 e. The van der Waals surface area contributed by atoms with Crippen molar-refractivity contribution in [3.63, 3.8) is 0 Å². The highest BCUT2D eigenvalue weighted by Crippen LogP contribution is 2.29. The fourth-order valence-electron chi connectivity index (χ4n) is 4.38. The van der Waals surface area contributed by atoms with Gasteiger partial charge in [0.2, 0.25) is 18.2 Å². The van der Waals surface area contributed by atoms with E-state index in [1.54, 1.807) is 23.1 Å². The molecule has 2 aliphatic rings. The summed E-state index contributed by atoms with van der Waals surface area (Å²) in [6.07, 6.45) is 5.79. The monoisotopic (exact) mass is 484 g/mol. The summed E-state index contributed by atoms with van der Waals surface area (Å²) in [6, 6.07) is 13.9. The third-order valence-electron chi connectivity index (χ3n) is 5.89. The Kier molecular flexibility index (Phi) is 6.89. The number of rotatable bonds is 6. The van der Waals surface area contributed by atoms with Crippen LogP contribution in [0, 0.1) is 12.3 Å². The smallest absolute Gasteiger partial charge is 0.246 e. The van der Waals surface area contributed by atoms with Gasteiger partial charge in [0.05, 0.1) is 29.7 Å². The molecule has 0 N–H and O–H groups in total. The van der Waals surface area contributed by atoms with E-state index in [-0.39, 0.29) is 38.0 Å². The lowest BCUT2D eigenvalue weighted by Crippen LogP contribution is -2.74. The Bertz CT molecular complexity index is 1100. The van der Waals surface area contributed by atoms with Crippen LogP contribution in [-0.2, 0) is 27.3 Å². The molecule has 0 aliphatic carbocycles. The lowest BCUT2D eigenvalue weighted by Gasteiger charge is -2.54. The maximum atomic E-state index is 13.6. The topological polar surface area (TPSA) is 64.2 Å². The summed E-state index contributed by atoms with van der Waals surface area (Å²) in [5, 5.41) is 3.77. The van der Waals surface area contributed by atoms with Gasteiger partial charge >= 0.3 is 0 Å². The van der Waals surface area contributed by atoms with Crippen LogP contribution in [0.2, 0.25) is 10.0 Å². The van der Waals surface area contributed by atoms with Gasteiger partial charge in [-0.15, -0.1) is 6.42 Å². The first kappa shape index (κ1) is 23.1. The van der Waals surface area contributed by atoms with Gasteiger partial charge in [0.15, 0.2) is 0 Å². The fourth-order valence-corrected chi connectivity index (χ4v) is 4.70. The third kappa shape index (κ3) is 4.69. The molecule has 2 atom stereocenters. The van der Waals surface area contributed by atoms with E-state index in [4.69, 9.17) is 29.6 Å². The van der Waals surface area contributed by atoms with Crippen molar-refractivity contribution in [2.24, 2.45) is 0 Å². The van der Waals surface area contributed by atoms with Gasteiger partial charge < -0.3 is 9.80 Å². The number of nitrogens with zero attached hydrogens (tertiary/aromatic N) is 4. The zero-order valence-corrected chi connectivity index (χ0v) is 19.2. The number of amides is 3. The van der Waals surface area contributed by atoms with E-state index < -0.39 is 12.2 Å². The molecule has 0 aromatic heterocycles. The predicted molar refractivity (Wildman–Crippen MR) is 125 cm³/mol. The summed E-state index contributed by atoms with van der Waals surface area (Å²) in [5.74, 6) is 2.06. The van der Waals surface area contributed by atoms with Crippen LogP contribution in [0.15, 0.2) is 48.5 Å². The van der Waals surface area contributed by atoms with Crippen molar-refractivity contribution >= 4 is 41.4 Å². The van der Waals surface area contributed by atoms with Crippen LogP contribution in [0.3, 0.4) is 0 Å². The average molecular weight is 485 g/mol. The van der Waals surface area contributed by atoms with Crippen LogP contribution >= 0.6 is 23.2 Å². The van der Waals surface area contributed by atoms with Crippen molar-refractivity contribution in [2.45, 2.75) is 25.2 Å². The Labute approximate surface area is 202 Å². The molecular formula is C24H22Cl2N4O3. The van der Waals surface area contributed by atoms with E-state index in [1.165, 1.54) is 14.9 Å². The van der Waals surface area contributed by atoms with Crippen LogP contribution in [-0.4, -0.2) is 69.9 Å². The Morgan fingerprint density at radius 2 is 1.82 bits per heavy atom. The SMILES string of the molecule is C#CCN1CC(=O)N2C(CN(Cc3ccc(Cl)c(Cl)c3)C(=O)[C@@H]2Cc2ccccc2)N1C=O. The number of benzene rings is 2. The van der Waals surface area contributed by atoms with Crippen molar-refractivity contribution in [1.29, 1.82) is 0 Å². The zero-order valence-electron chi connectivity index (χ0n) is 17.7. The summed E-state index contributed by atoms with van der Waals surface area (Å²) in [7, 11) is 0. The van der Waals surface area contributed by atoms with Gasteiger partial charge in [-0.05, 0) is 23.3 Å². The number of piperazine rings is 1. The van der Waals surface area contributed by atoms with E-state index in [9.17, 15) is 14.4 Å². The number of carbonyl (C=O) groups is 3. The minimum atomic E-state index is -0.753. The van der Waals surface area contributed by atoms with Crippen LogP contribution < -0.4 is 0 Å².